The fourth-order valence-electron chi connectivity index (χ4n) is 3.56. The van der Waals surface area contributed by atoms with Gasteiger partial charge in [0.15, 0.2) is 11.4 Å². The van der Waals surface area contributed by atoms with E-state index in [1.54, 1.807) is 0 Å². The molecule has 1 aliphatic heterocycles. The molecular formula is C18H32N2O4. The highest BCUT2D eigenvalue weighted by molar-refractivity contribution is 5.89. The van der Waals surface area contributed by atoms with Crippen LogP contribution in [0.5, 0.6) is 0 Å². The minimum Gasteiger partial charge on any atom is -0.480 e. The summed E-state index contributed by atoms with van der Waals surface area (Å²) >= 11 is 0. The molecule has 1 heterocycles. The molecule has 1 fully saturated rings. The predicted molar refractivity (Wildman–Crippen MR) is 92.5 cm³/mol. The lowest BCUT2D eigenvalue weighted by Gasteiger charge is -2.38. The Morgan fingerprint density at radius 1 is 1.29 bits per heavy atom. The van der Waals surface area contributed by atoms with Gasteiger partial charge in [-0.3, -0.25) is 19.7 Å². The van der Waals surface area contributed by atoms with Gasteiger partial charge in [-0.2, -0.15) is 0 Å². The number of nitrogens with one attached hydrogen (secondary N) is 1. The summed E-state index contributed by atoms with van der Waals surface area (Å²) in [7, 11) is 0. The Morgan fingerprint density at radius 3 is 2.50 bits per heavy atom. The molecule has 6 nitrogen and oxygen atoms in total. The largest absolute Gasteiger partial charge is 0.480 e. The molecule has 0 radical (unpaired) electrons. The van der Waals surface area contributed by atoms with Gasteiger partial charge in [0, 0.05) is 6.54 Å². The smallest absolute Gasteiger partial charge is 0.321 e. The van der Waals surface area contributed by atoms with Crippen molar-refractivity contribution in [2.75, 3.05) is 6.54 Å². The number of ketones is 1. The number of carbonyl (C=O) groups excluding carboxylic acids is 2. The predicted octanol–water partition coefficient (Wildman–Crippen LogP) is 2.56. The van der Waals surface area contributed by atoms with Crippen molar-refractivity contribution in [3.05, 3.63) is 0 Å². The maximum atomic E-state index is 12.2. The fraction of sp³-hybridized carbons (Fsp3) is 0.833. The molecule has 6 heteroatoms. The molecule has 1 rings (SSSR count). The van der Waals surface area contributed by atoms with E-state index in [-0.39, 0.29) is 11.7 Å². The van der Waals surface area contributed by atoms with Gasteiger partial charge in [-0.05, 0) is 32.1 Å². The summed E-state index contributed by atoms with van der Waals surface area (Å²) in [4.78, 5) is 36.7. The number of Topliss-reactive ketones (excluding diaryl/α,β-unsaturated/α-hetero) is 1. The lowest BCUT2D eigenvalue weighted by Crippen LogP contribution is -2.65. The number of carboxylic acids is 1. The molecule has 0 saturated carbocycles. The molecule has 138 valence electrons. The van der Waals surface area contributed by atoms with Gasteiger partial charge in [-0.1, -0.05) is 46.0 Å². The topological polar surface area (TPSA) is 86.7 Å². The third kappa shape index (κ3) is 5.03. The normalized spacial score (nSPS) is 23.0. The lowest BCUT2D eigenvalue weighted by atomic mass is 9.91. The Morgan fingerprint density at radius 2 is 1.96 bits per heavy atom. The fourth-order valence-corrected chi connectivity index (χ4v) is 3.56. The number of amides is 1. The summed E-state index contributed by atoms with van der Waals surface area (Å²) in [5.74, 6) is -1.27. The summed E-state index contributed by atoms with van der Waals surface area (Å²) in [5, 5.41) is 12.6. The Balaban J connectivity index is 2.74. The van der Waals surface area contributed by atoms with Gasteiger partial charge in [-0.15, -0.1) is 0 Å². The number of carbonyl (C=O) groups is 3. The van der Waals surface area contributed by atoms with E-state index in [0.717, 1.165) is 19.3 Å². The van der Waals surface area contributed by atoms with Gasteiger partial charge in [0.25, 0.3) is 0 Å². The number of rotatable bonds is 12. The van der Waals surface area contributed by atoms with Crippen LogP contribution in [-0.4, -0.2) is 46.4 Å². The third-order valence-electron chi connectivity index (χ3n) is 5.13. The van der Waals surface area contributed by atoms with Crippen molar-refractivity contribution in [1.82, 2.24) is 10.2 Å². The molecule has 0 aromatic heterocycles. The van der Waals surface area contributed by atoms with Crippen molar-refractivity contribution in [1.29, 1.82) is 0 Å². The van der Waals surface area contributed by atoms with Crippen molar-refractivity contribution in [2.24, 2.45) is 5.92 Å². The average Bonchev–Trinajstić information content (AvgIpc) is 2.96. The van der Waals surface area contributed by atoms with Crippen molar-refractivity contribution < 1.29 is 19.5 Å². The Hall–Kier alpha value is -1.43. The molecule has 3 atom stereocenters. The van der Waals surface area contributed by atoms with E-state index in [2.05, 4.69) is 12.2 Å². The number of unbranched alkanes of at least 4 members (excludes halogenated alkanes) is 4. The van der Waals surface area contributed by atoms with E-state index in [1.165, 1.54) is 31.1 Å². The van der Waals surface area contributed by atoms with Crippen LogP contribution in [0.4, 0.5) is 0 Å². The molecule has 2 N–H and O–H groups in total. The quantitative estimate of drug-likeness (QED) is 0.421. The summed E-state index contributed by atoms with van der Waals surface area (Å²) in [6.07, 6.45) is 8.24. The molecule has 0 aromatic rings. The first-order valence-electron chi connectivity index (χ1n) is 9.12. The van der Waals surface area contributed by atoms with Crippen LogP contribution >= 0.6 is 0 Å². The lowest BCUT2D eigenvalue weighted by molar-refractivity contribution is -0.146. The monoisotopic (exact) mass is 340 g/mol. The van der Waals surface area contributed by atoms with Crippen LogP contribution < -0.4 is 5.32 Å². The van der Waals surface area contributed by atoms with Crippen molar-refractivity contribution in [3.8, 4) is 0 Å². The zero-order valence-electron chi connectivity index (χ0n) is 15.2. The number of hydrogen-bond acceptors (Lipinski definition) is 4. The van der Waals surface area contributed by atoms with Crippen LogP contribution in [0.1, 0.15) is 72.1 Å². The van der Waals surface area contributed by atoms with Crippen molar-refractivity contribution in [2.45, 2.75) is 83.8 Å². The van der Waals surface area contributed by atoms with E-state index in [1.807, 2.05) is 6.92 Å². The highest BCUT2D eigenvalue weighted by Crippen LogP contribution is 2.29. The van der Waals surface area contributed by atoms with Gasteiger partial charge >= 0.3 is 5.97 Å². The van der Waals surface area contributed by atoms with Crippen LogP contribution in [0.3, 0.4) is 0 Å². The molecular weight excluding hydrogens is 308 g/mol. The van der Waals surface area contributed by atoms with Crippen molar-refractivity contribution >= 4 is 18.2 Å². The SMILES string of the molecule is CCCCCCCC(C)C(NC1(C(C)=O)CCCN1C=O)C(=O)O. The number of carboxylic acid groups (broad SMARTS) is 1. The van der Waals surface area contributed by atoms with E-state index in [9.17, 15) is 19.5 Å². The van der Waals surface area contributed by atoms with Crippen LogP contribution in [0.2, 0.25) is 0 Å². The van der Waals surface area contributed by atoms with Gasteiger partial charge < -0.3 is 10.0 Å². The van der Waals surface area contributed by atoms with Gasteiger partial charge in [-0.25, -0.2) is 0 Å². The molecule has 1 amide bonds. The highest BCUT2D eigenvalue weighted by Gasteiger charge is 2.47. The molecule has 0 aliphatic carbocycles. The molecule has 0 aromatic carbocycles. The highest BCUT2D eigenvalue weighted by atomic mass is 16.4. The second-order valence-electron chi connectivity index (χ2n) is 6.96. The Bertz CT molecular complexity index is 441. The van der Waals surface area contributed by atoms with E-state index < -0.39 is 17.7 Å². The van der Waals surface area contributed by atoms with Crippen LogP contribution in [-0.2, 0) is 14.4 Å². The van der Waals surface area contributed by atoms with E-state index in [4.69, 9.17) is 0 Å². The molecule has 0 bridgehead atoms. The van der Waals surface area contributed by atoms with Crippen LogP contribution in [0, 0.1) is 5.92 Å². The maximum absolute atomic E-state index is 12.2. The van der Waals surface area contributed by atoms with Gasteiger partial charge in [0.1, 0.15) is 6.04 Å². The summed E-state index contributed by atoms with van der Waals surface area (Å²) in [6.45, 7) is 5.96. The molecule has 24 heavy (non-hydrogen) atoms. The minimum atomic E-state index is -1.17. The first kappa shape index (κ1) is 20.6. The minimum absolute atomic E-state index is 0.102. The zero-order chi connectivity index (χ0) is 18.2. The molecule has 3 unspecified atom stereocenters. The van der Waals surface area contributed by atoms with Crippen molar-refractivity contribution in [3.63, 3.8) is 0 Å². The summed E-state index contributed by atoms with van der Waals surface area (Å²) in [5.41, 5.74) is -1.17. The Kier molecular flexibility index (Phi) is 8.39. The standard InChI is InChI=1S/C18H32N2O4/c1-4-5-6-7-8-10-14(2)16(17(23)24)19-18(15(3)22)11-9-12-20(18)13-21/h13-14,16,19H,4-12H2,1-3H3,(H,23,24). The third-order valence-corrected chi connectivity index (χ3v) is 5.13. The maximum Gasteiger partial charge on any atom is 0.321 e. The first-order chi connectivity index (χ1) is 11.4. The summed E-state index contributed by atoms with van der Waals surface area (Å²) < 4.78 is 0. The molecule has 1 saturated heterocycles. The molecule has 1 aliphatic rings. The molecule has 0 spiro atoms. The number of likely N-dealkylation sites (tertiary alicyclic amines) is 1. The van der Waals surface area contributed by atoms with E-state index in [0.29, 0.717) is 25.8 Å². The second-order valence-corrected chi connectivity index (χ2v) is 6.96. The van der Waals surface area contributed by atoms with Gasteiger partial charge in [0.2, 0.25) is 6.41 Å². The summed E-state index contributed by atoms with van der Waals surface area (Å²) in [6, 6.07) is -0.833. The van der Waals surface area contributed by atoms with Gasteiger partial charge in [0.05, 0.1) is 0 Å². The first-order valence-corrected chi connectivity index (χ1v) is 9.12. The average molecular weight is 340 g/mol. The second kappa shape index (κ2) is 9.77. The zero-order valence-corrected chi connectivity index (χ0v) is 15.2. The number of aliphatic carboxylic acids is 1. The Labute approximate surface area is 145 Å². The van der Waals surface area contributed by atoms with E-state index >= 15 is 0 Å². The number of nitrogens with zero attached hydrogens (tertiary/aromatic N) is 1. The number of hydrogen-bond donors (Lipinski definition) is 2. The van der Waals surface area contributed by atoms with Crippen LogP contribution in [0.25, 0.3) is 0 Å². The van der Waals surface area contributed by atoms with Crippen LogP contribution in [0.15, 0.2) is 0 Å².